The SMILES string of the molecule is CCc1ccsc1CNCCOc1ccccc1OC. The number of benzene rings is 1. The Balaban J connectivity index is 1.72. The first-order valence-electron chi connectivity index (χ1n) is 6.87. The van der Waals surface area contributed by atoms with E-state index in [1.54, 1.807) is 7.11 Å². The molecule has 3 nitrogen and oxygen atoms in total. The molecule has 20 heavy (non-hydrogen) atoms. The zero-order valence-corrected chi connectivity index (χ0v) is 12.8. The van der Waals surface area contributed by atoms with Gasteiger partial charge in [-0.1, -0.05) is 19.1 Å². The molecule has 0 aliphatic carbocycles. The highest BCUT2D eigenvalue weighted by molar-refractivity contribution is 7.10. The second-order valence-electron chi connectivity index (χ2n) is 4.40. The summed E-state index contributed by atoms with van der Waals surface area (Å²) in [5.41, 5.74) is 1.44. The van der Waals surface area contributed by atoms with Crippen molar-refractivity contribution in [2.75, 3.05) is 20.3 Å². The summed E-state index contributed by atoms with van der Waals surface area (Å²) in [5.74, 6) is 1.57. The fraction of sp³-hybridized carbons (Fsp3) is 0.375. The Morgan fingerprint density at radius 3 is 2.70 bits per heavy atom. The predicted molar refractivity (Wildman–Crippen MR) is 83.9 cm³/mol. The molecule has 0 amide bonds. The molecule has 0 unspecified atom stereocenters. The molecule has 0 saturated carbocycles. The maximum Gasteiger partial charge on any atom is 0.161 e. The standard InChI is InChI=1S/C16H21NO2S/c1-3-13-8-11-20-16(13)12-17-9-10-19-15-7-5-4-6-14(15)18-2/h4-8,11,17H,3,9-10,12H2,1-2H3. The molecule has 0 aliphatic rings. The molecule has 1 N–H and O–H groups in total. The smallest absolute Gasteiger partial charge is 0.161 e. The van der Waals surface area contributed by atoms with E-state index >= 15 is 0 Å². The molecule has 1 aromatic heterocycles. The van der Waals surface area contributed by atoms with E-state index < -0.39 is 0 Å². The molecular formula is C16H21NO2S. The molecule has 0 aliphatic heterocycles. The van der Waals surface area contributed by atoms with E-state index in [4.69, 9.17) is 9.47 Å². The van der Waals surface area contributed by atoms with E-state index in [0.29, 0.717) is 6.61 Å². The van der Waals surface area contributed by atoms with E-state index in [2.05, 4.69) is 23.7 Å². The molecule has 0 spiro atoms. The second-order valence-corrected chi connectivity index (χ2v) is 5.40. The van der Waals surface area contributed by atoms with Crippen LogP contribution in [0.25, 0.3) is 0 Å². The van der Waals surface area contributed by atoms with Crippen molar-refractivity contribution in [3.63, 3.8) is 0 Å². The van der Waals surface area contributed by atoms with Crippen LogP contribution < -0.4 is 14.8 Å². The van der Waals surface area contributed by atoms with Crippen LogP contribution in [0.5, 0.6) is 11.5 Å². The molecule has 4 heteroatoms. The van der Waals surface area contributed by atoms with Crippen LogP contribution >= 0.6 is 11.3 Å². The van der Waals surface area contributed by atoms with Gasteiger partial charge in [-0.25, -0.2) is 0 Å². The molecule has 0 fully saturated rings. The summed E-state index contributed by atoms with van der Waals surface area (Å²) >= 11 is 1.81. The summed E-state index contributed by atoms with van der Waals surface area (Å²) in [6.45, 7) is 4.55. The van der Waals surface area contributed by atoms with E-state index in [1.165, 1.54) is 10.4 Å². The Kier molecular flexibility index (Phi) is 5.89. The molecule has 0 bridgehead atoms. The minimum Gasteiger partial charge on any atom is -0.493 e. The normalized spacial score (nSPS) is 10.5. The molecule has 0 saturated heterocycles. The lowest BCUT2D eigenvalue weighted by molar-refractivity contribution is 0.292. The third-order valence-corrected chi connectivity index (χ3v) is 4.07. The Morgan fingerprint density at radius 2 is 1.95 bits per heavy atom. The maximum atomic E-state index is 5.72. The molecule has 2 rings (SSSR count). The van der Waals surface area contributed by atoms with Crippen LogP contribution in [0.2, 0.25) is 0 Å². The van der Waals surface area contributed by atoms with Gasteiger partial charge in [0.25, 0.3) is 0 Å². The Morgan fingerprint density at radius 1 is 1.15 bits per heavy atom. The summed E-state index contributed by atoms with van der Waals surface area (Å²) in [6.07, 6.45) is 1.10. The summed E-state index contributed by atoms with van der Waals surface area (Å²) in [7, 11) is 1.66. The number of ether oxygens (including phenoxy) is 2. The van der Waals surface area contributed by atoms with Crippen LogP contribution in [0.1, 0.15) is 17.4 Å². The third kappa shape index (κ3) is 3.99. The van der Waals surface area contributed by atoms with E-state index in [1.807, 2.05) is 35.6 Å². The van der Waals surface area contributed by atoms with Gasteiger partial charge in [-0.05, 0) is 35.6 Å². The van der Waals surface area contributed by atoms with Crippen LogP contribution in [0.15, 0.2) is 35.7 Å². The summed E-state index contributed by atoms with van der Waals surface area (Å²) in [6, 6.07) is 9.92. The zero-order chi connectivity index (χ0) is 14.2. The molecule has 0 atom stereocenters. The third-order valence-electron chi connectivity index (χ3n) is 3.11. The monoisotopic (exact) mass is 291 g/mol. The van der Waals surface area contributed by atoms with Crippen molar-refractivity contribution in [1.29, 1.82) is 0 Å². The maximum absolute atomic E-state index is 5.72. The fourth-order valence-electron chi connectivity index (χ4n) is 2.01. The van der Waals surface area contributed by atoms with Crippen molar-refractivity contribution in [3.8, 4) is 11.5 Å². The first-order chi connectivity index (χ1) is 9.85. The van der Waals surface area contributed by atoms with Gasteiger partial charge >= 0.3 is 0 Å². The average Bonchev–Trinajstić information content (AvgIpc) is 2.95. The highest BCUT2D eigenvalue weighted by atomic mass is 32.1. The quantitative estimate of drug-likeness (QED) is 0.755. The number of rotatable bonds is 8. The van der Waals surface area contributed by atoms with Crippen molar-refractivity contribution in [3.05, 3.63) is 46.2 Å². The number of methoxy groups -OCH3 is 1. The van der Waals surface area contributed by atoms with Gasteiger partial charge in [0, 0.05) is 18.0 Å². The minimum absolute atomic E-state index is 0.632. The molecule has 1 heterocycles. The number of thiophene rings is 1. The van der Waals surface area contributed by atoms with Gasteiger partial charge in [-0.15, -0.1) is 11.3 Å². The van der Waals surface area contributed by atoms with Gasteiger partial charge in [0.05, 0.1) is 7.11 Å². The topological polar surface area (TPSA) is 30.5 Å². The second kappa shape index (κ2) is 7.92. The Hall–Kier alpha value is -1.52. The lowest BCUT2D eigenvalue weighted by atomic mass is 10.2. The highest BCUT2D eigenvalue weighted by Gasteiger charge is 2.03. The first-order valence-corrected chi connectivity index (χ1v) is 7.75. The number of hydrogen-bond donors (Lipinski definition) is 1. The van der Waals surface area contributed by atoms with Crippen molar-refractivity contribution in [2.24, 2.45) is 0 Å². The molecule has 108 valence electrons. The first kappa shape index (κ1) is 14.9. The van der Waals surface area contributed by atoms with E-state index in [0.717, 1.165) is 31.0 Å². The van der Waals surface area contributed by atoms with E-state index in [-0.39, 0.29) is 0 Å². The lowest BCUT2D eigenvalue weighted by Crippen LogP contribution is -2.20. The Labute approximate surface area is 124 Å². The fourth-order valence-corrected chi connectivity index (χ4v) is 2.96. The van der Waals surface area contributed by atoms with Crippen molar-refractivity contribution < 1.29 is 9.47 Å². The van der Waals surface area contributed by atoms with Gasteiger partial charge in [0.2, 0.25) is 0 Å². The van der Waals surface area contributed by atoms with Crippen LogP contribution in [0.4, 0.5) is 0 Å². The highest BCUT2D eigenvalue weighted by Crippen LogP contribution is 2.25. The zero-order valence-electron chi connectivity index (χ0n) is 12.0. The van der Waals surface area contributed by atoms with Crippen LogP contribution in [0, 0.1) is 0 Å². The van der Waals surface area contributed by atoms with Gasteiger partial charge in [0.1, 0.15) is 6.61 Å². The lowest BCUT2D eigenvalue weighted by Gasteiger charge is -2.10. The van der Waals surface area contributed by atoms with Crippen molar-refractivity contribution >= 4 is 11.3 Å². The van der Waals surface area contributed by atoms with Gasteiger partial charge in [-0.3, -0.25) is 0 Å². The summed E-state index contributed by atoms with van der Waals surface area (Å²) in [5, 5.41) is 5.57. The number of aryl methyl sites for hydroxylation is 1. The largest absolute Gasteiger partial charge is 0.493 e. The van der Waals surface area contributed by atoms with Gasteiger partial charge in [0.15, 0.2) is 11.5 Å². The number of hydrogen-bond acceptors (Lipinski definition) is 4. The predicted octanol–water partition coefficient (Wildman–Crippen LogP) is 3.49. The molecule has 0 radical (unpaired) electrons. The van der Waals surface area contributed by atoms with Crippen molar-refractivity contribution in [2.45, 2.75) is 19.9 Å². The summed E-state index contributed by atoms with van der Waals surface area (Å²) < 4.78 is 11.0. The molecule has 2 aromatic rings. The number of nitrogens with one attached hydrogen (secondary N) is 1. The van der Waals surface area contributed by atoms with E-state index in [9.17, 15) is 0 Å². The van der Waals surface area contributed by atoms with Gasteiger partial charge in [-0.2, -0.15) is 0 Å². The van der Waals surface area contributed by atoms with Crippen LogP contribution in [0.3, 0.4) is 0 Å². The Bertz CT molecular complexity index is 525. The van der Waals surface area contributed by atoms with Crippen molar-refractivity contribution in [1.82, 2.24) is 5.32 Å². The minimum atomic E-state index is 0.632. The molecule has 1 aromatic carbocycles. The van der Waals surface area contributed by atoms with Crippen LogP contribution in [-0.4, -0.2) is 20.3 Å². The van der Waals surface area contributed by atoms with Gasteiger partial charge < -0.3 is 14.8 Å². The summed E-state index contributed by atoms with van der Waals surface area (Å²) in [4.78, 5) is 1.42. The average molecular weight is 291 g/mol. The number of para-hydroxylation sites is 2. The molecular weight excluding hydrogens is 270 g/mol. The van der Waals surface area contributed by atoms with Crippen LogP contribution in [-0.2, 0) is 13.0 Å².